The first-order valence-corrected chi connectivity index (χ1v) is 8.71. The molecule has 3 unspecified atom stereocenters. The lowest BCUT2D eigenvalue weighted by Crippen LogP contribution is -2.35. The van der Waals surface area contributed by atoms with Gasteiger partial charge in [-0.1, -0.05) is 26.7 Å². The van der Waals surface area contributed by atoms with Crippen LogP contribution in [0.5, 0.6) is 0 Å². The number of aromatic nitrogens is 1. The minimum absolute atomic E-state index is 0.0220. The van der Waals surface area contributed by atoms with E-state index in [0.717, 1.165) is 30.6 Å². The summed E-state index contributed by atoms with van der Waals surface area (Å²) in [6.45, 7) is 6.24. The SMILES string of the molecule is CCCNC(=O)c1ccc(N2CC(C)C3CCCCC32)nc1. The highest BCUT2D eigenvalue weighted by Crippen LogP contribution is 2.41. The van der Waals surface area contributed by atoms with E-state index in [1.54, 1.807) is 6.20 Å². The topological polar surface area (TPSA) is 45.2 Å². The predicted octanol–water partition coefficient (Wildman–Crippen LogP) is 3.24. The average Bonchev–Trinajstić information content (AvgIpc) is 2.90. The van der Waals surface area contributed by atoms with Crippen LogP contribution in [0.25, 0.3) is 0 Å². The Hall–Kier alpha value is -1.58. The van der Waals surface area contributed by atoms with Crippen molar-refractivity contribution in [2.24, 2.45) is 11.8 Å². The molecule has 1 saturated carbocycles. The molecule has 22 heavy (non-hydrogen) atoms. The summed E-state index contributed by atoms with van der Waals surface area (Å²) in [6, 6.07) is 4.58. The lowest BCUT2D eigenvalue weighted by molar-refractivity contribution is 0.0953. The maximum absolute atomic E-state index is 12.0. The van der Waals surface area contributed by atoms with E-state index in [9.17, 15) is 4.79 Å². The van der Waals surface area contributed by atoms with Crippen molar-refractivity contribution in [1.29, 1.82) is 0 Å². The highest BCUT2D eigenvalue weighted by molar-refractivity contribution is 5.94. The smallest absolute Gasteiger partial charge is 0.252 e. The highest BCUT2D eigenvalue weighted by Gasteiger charge is 2.40. The summed E-state index contributed by atoms with van der Waals surface area (Å²) in [5, 5.41) is 2.90. The van der Waals surface area contributed by atoms with E-state index in [0.29, 0.717) is 18.2 Å². The van der Waals surface area contributed by atoms with Gasteiger partial charge in [0.1, 0.15) is 5.82 Å². The van der Waals surface area contributed by atoms with Gasteiger partial charge < -0.3 is 10.2 Å². The van der Waals surface area contributed by atoms with Gasteiger partial charge in [-0.05, 0) is 43.2 Å². The third kappa shape index (κ3) is 2.96. The molecule has 3 rings (SSSR count). The lowest BCUT2D eigenvalue weighted by Gasteiger charge is -2.32. The second-order valence-corrected chi connectivity index (χ2v) is 6.81. The molecule has 1 aromatic rings. The van der Waals surface area contributed by atoms with Crippen molar-refractivity contribution in [1.82, 2.24) is 10.3 Å². The van der Waals surface area contributed by atoms with Crippen molar-refractivity contribution < 1.29 is 4.79 Å². The number of pyridine rings is 1. The number of hydrogen-bond acceptors (Lipinski definition) is 3. The van der Waals surface area contributed by atoms with Crippen LogP contribution >= 0.6 is 0 Å². The van der Waals surface area contributed by atoms with Crippen LogP contribution in [0.1, 0.15) is 56.3 Å². The quantitative estimate of drug-likeness (QED) is 0.928. The van der Waals surface area contributed by atoms with E-state index in [2.05, 4.69) is 29.0 Å². The van der Waals surface area contributed by atoms with Crippen LogP contribution in [0.3, 0.4) is 0 Å². The summed E-state index contributed by atoms with van der Waals surface area (Å²) < 4.78 is 0. The number of rotatable bonds is 4. The largest absolute Gasteiger partial charge is 0.353 e. The maximum Gasteiger partial charge on any atom is 0.252 e. The van der Waals surface area contributed by atoms with Crippen LogP contribution in [-0.2, 0) is 0 Å². The van der Waals surface area contributed by atoms with E-state index >= 15 is 0 Å². The second kappa shape index (κ2) is 6.67. The van der Waals surface area contributed by atoms with Crippen molar-refractivity contribution in [3.63, 3.8) is 0 Å². The number of carbonyl (C=O) groups excluding carboxylic acids is 1. The molecule has 120 valence electrons. The number of nitrogens with one attached hydrogen (secondary N) is 1. The fourth-order valence-electron chi connectivity index (χ4n) is 4.07. The summed E-state index contributed by atoms with van der Waals surface area (Å²) in [7, 11) is 0. The summed E-state index contributed by atoms with van der Waals surface area (Å²) in [4.78, 5) is 19.0. The fraction of sp³-hybridized carbons (Fsp3) is 0.667. The van der Waals surface area contributed by atoms with E-state index in [-0.39, 0.29) is 5.91 Å². The van der Waals surface area contributed by atoms with Crippen LogP contribution in [0.15, 0.2) is 18.3 Å². The Morgan fingerprint density at radius 3 is 2.91 bits per heavy atom. The molecule has 2 heterocycles. The Morgan fingerprint density at radius 2 is 2.18 bits per heavy atom. The van der Waals surface area contributed by atoms with E-state index in [1.807, 2.05) is 12.1 Å². The van der Waals surface area contributed by atoms with Crippen LogP contribution in [0.2, 0.25) is 0 Å². The molecule has 2 fully saturated rings. The molecular weight excluding hydrogens is 274 g/mol. The molecular formula is C18H27N3O. The van der Waals surface area contributed by atoms with E-state index in [1.165, 1.54) is 25.7 Å². The summed E-state index contributed by atoms with van der Waals surface area (Å²) >= 11 is 0. The molecule has 0 radical (unpaired) electrons. The molecule has 1 saturated heterocycles. The highest BCUT2D eigenvalue weighted by atomic mass is 16.1. The molecule has 0 spiro atoms. The predicted molar refractivity (Wildman–Crippen MR) is 89.1 cm³/mol. The summed E-state index contributed by atoms with van der Waals surface area (Å²) in [5.74, 6) is 2.59. The van der Waals surface area contributed by atoms with Crippen LogP contribution in [-0.4, -0.2) is 30.0 Å². The molecule has 0 bridgehead atoms. The standard InChI is InChI=1S/C18H27N3O/c1-3-10-19-18(22)14-8-9-17(20-11-14)21-12-13(2)15-6-4-5-7-16(15)21/h8-9,11,13,15-16H,3-7,10,12H2,1-2H3,(H,19,22). The Labute approximate surface area is 133 Å². The average molecular weight is 301 g/mol. The summed E-state index contributed by atoms with van der Waals surface area (Å²) in [5.41, 5.74) is 0.657. The van der Waals surface area contributed by atoms with Crippen LogP contribution in [0, 0.1) is 11.8 Å². The van der Waals surface area contributed by atoms with Crippen LogP contribution in [0.4, 0.5) is 5.82 Å². The fourth-order valence-corrected chi connectivity index (χ4v) is 4.07. The number of hydrogen-bond donors (Lipinski definition) is 1. The van der Waals surface area contributed by atoms with Crippen molar-refractivity contribution >= 4 is 11.7 Å². The van der Waals surface area contributed by atoms with Gasteiger partial charge >= 0.3 is 0 Å². The van der Waals surface area contributed by atoms with Gasteiger partial charge in [-0.2, -0.15) is 0 Å². The molecule has 4 heteroatoms. The zero-order valence-corrected chi connectivity index (χ0v) is 13.7. The molecule has 2 aliphatic rings. The summed E-state index contributed by atoms with van der Waals surface area (Å²) in [6.07, 6.45) is 8.04. The molecule has 0 aromatic carbocycles. The van der Waals surface area contributed by atoms with Gasteiger partial charge in [0.05, 0.1) is 5.56 Å². The van der Waals surface area contributed by atoms with Gasteiger partial charge in [0.25, 0.3) is 5.91 Å². The number of nitrogens with zero attached hydrogens (tertiary/aromatic N) is 2. The number of amides is 1. The van der Waals surface area contributed by atoms with Gasteiger partial charge in [-0.25, -0.2) is 4.98 Å². The Kier molecular flexibility index (Phi) is 4.65. The second-order valence-electron chi connectivity index (χ2n) is 6.81. The van der Waals surface area contributed by atoms with Gasteiger partial charge in [-0.15, -0.1) is 0 Å². The first-order valence-electron chi connectivity index (χ1n) is 8.71. The van der Waals surface area contributed by atoms with Gasteiger partial charge in [0.15, 0.2) is 0 Å². The van der Waals surface area contributed by atoms with E-state index < -0.39 is 0 Å². The maximum atomic E-state index is 12.0. The normalized spacial score (nSPS) is 27.5. The molecule has 1 aromatic heterocycles. The van der Waals surface area contributed by atoms with Crippen molar-refractivity contribution in [2.45, 2.75) is 52.0 Å². The molecule has 1 N–H and O–H groups in total. The van der Waals surface area contributed by atoms with E-state index in [4.69, 9.17) is 0 Å². The first-order chi connectivity index (χ1) is 10.7. The number of anilines is 1. The molecule has 1 aliphatic heterocycles. The van der Waals surface area contributed by atoms with Gasteiger partial charge in [0, 0.05) is 25.3 Å². The molecule has 3 atom stereocenters. The Morgan fingerprint density at radius 1 is 1.36 bits per heavy atom. The monoisotopic (exact) mass is 301 g/mol. The molecule has 1 aliphatic carbocycles. The Balaban J connectivity index is 1.71. The van der Waals surface area contributed by atoms with Crippen molar-refractivity contribution in [3.05, 3.63) is 23.9 Å². The zero-order chi connectivity index (χ0) is 15.5. The molecule has 4 nitrogen and oxygen atoms in total. The number of fused-ring (bicyclic) bond motifs is 1. The van der Waals surface area contributed by atoms with Crippen LogP contribution < -0.4 is 10.2 Å². The van der Waals surface area contributed by atoms with Gasteiger partial charge in [0.2, 0.25) is 0 Å². The Bertz CT molecular complexity index is 514. The molecule has 1 amide bonds. The third-order valence-electron chi connectivity index (χ3n) is 5.24. The first kappa shape index (κ1) is 15.3. The van der Waals surface area contributed by atoms with Crippen molar-refractivity contribution in [3.8, 4) is 0 Å². The van der Waals surface area contributed by atoms with Gasteiger partial charge in [-0.3, -0.25) is 4.79 Å². The third-order valence-corrected chi connectivity index (χ3v) is 5.24. The number of carbonyl (C=O) groups is 1. The van der Waals surface area contributed by atoms with Crippen molar-refractivity contribution in [2.75, 3.05) is 18.0 Å². The minimum atomic E-state index is -0.0220. The minimum Gasteiger partial charge on any atom is -0.353 e. The lowest BCUT2D eigenvalue weighted by atomic mass is 9.80. The zero-order valence-electron chi connectivity index (χ0n) is 13.7.